The van der Waals surface area contributed by atoms with Crippen molar-refractivity contribution < 1.29 is 13.6 Å². The first kappa shape index (κ1) is 20.5. The zero-order valence-electron chi connectivity index (χ0n) is 16.5. The molecule has 1 heterocycles. The number of benzene rings is 2. The zero-order chi connectivity index (χ0) is 21.1. The molecule has 3 aromatic rings. The number of urea groups is 1. The summed E-state index contributed by atoms with van der Waals surface area (Å²) in [7, 11) is 0. The van der Waals surface area contributed by atoms with Crippen molar-refractivity contribution in [3.63, 3.8) is 0 Å². The van der Waals surface area contributed by atoms with E-state index in [1.54, 1.807) is 11.8 Å². The zero-order valence-corrected chi connectivity index (χ0v) is 16.5. The highest BCUT2D eigenvalue weighted by Crippen LogP contribution is 2.28. The molecule has 0 aliphatic carbocycles. The predicted molar refractivity (Wildman–Crippen MR) is 109 cm³/mol. The number of carbonyl (C=O) groups is 1. The summed E-state index contributed by atoms with van der Waals surface area (Å²) in [5.41, 5.74) is 0.789. The molecule has 0 aliphatic rings. The van der Waals surface area contributed by atoms with Crippen LogP contribution in [-0.2, 0) is 0 Å². The monoisotopic (exact) mass is 399 g/mol. The molecule has 1 aromatic heterocycles. The van der Waals surface area contributed by atoms with E-state index in [0.717, 1.165) is 11.6 Å². The maximum Gasteiger partial charge on any atom is 0.318 e. The van der Waals surface area contributed by atoms with Crippen LogP contribution in [0.4, 0.5) is 13.6 Å². The van der Waals surface area contributed by atoms with Crippen molar-refractivity contribution in [1.29, 1.82) is 0 Å². The maximum atomic E-state index is 14.2. The third-order valence-electron chi connectivity index (χ3n) is 5.15. The number of fused-ring (bicyclic) bond motifs is 1. The van der Waals surface area contributed by atoms with Gasteiger partial charge in [-0.1, -0.05) is 36.4 Å². The van der Waals surface area contributed by atoms with Crippen LogP contribution in [-0.4, -0.2) is 22.5 Å². The predicted octanol–water partition coefficient (Wildman–Crippen LogP) is 4.66. The number of hydrogen-bond acceptors (Lipinski definition) is 2. The molecule has 2 N–H and O–H groups in total. The molecular formula is C22H23F2N3O2. The number of halogens is 2. The molecule has 0 bridgehead atoms. The Morgan fingerprint density at radius 1 is 1.14 bits per heavy atom. The number of aromatic nitrogens is 1. The Kier molecular flexibility index (Phi) is 5.96. The standard InChI is InChI=1S/C22H23F2N3O2/c1-4-27(22(29)26-13(2)15-8-6-5-7-9-15)14(3)17-12-25-21(28)19-16(17)10-11-18(23)20(19)24/h5-14H,4H2,1-3H3,(H,25,28)(H,26,29)/t13-,14?/m1/s1. The van der Waals surface area contributed by atoms with Crippen molar-refractivity contribution in [2.75, 3.05) is 6.54 Å². The Balaban J connectivity index is 1.93. The Morgan fingerprint density at radius 3 is 2.48 bits per heavy atom. The van der Waals surface area contributed by atoms with Crippen molar-refractivity contribution in [2.24, 2.45) is 0 Å². The van der Waals surface area contributed by atoms with E-state index in [1.165, 1.54) is 12.3 Å². The Hall–Kier alpha value is -3.22. The van der Waals surface area contributed by atoms with Crippen LogP contribution < -0.4 is 10.9 Å². The summed E-state index contributed by atoms with van der Waals surface area (Å²) >= 11 is 0. The minimum atomic E-state index is -1.19. The molecule has 0 spiro atoms. The first-order valence-corrected chi connectivity index (χ1v) is 9.46. The molecular weight excluding hydrogens is 376 g/mol. The van der Waals surface area contributed by atoms with Crippen LogP contribution in [0.3, 0.4) is 0 Å². The van der Waals surface area contributed by atoms with Gasteiger partial charge in [-0.3, -0.25) is 4.79 Å². The highest BCUT2D eigenvalue weighted by molar-refractivity contribution is 5.86. The van der Waals surface area contributed by atoms with Crippen LogP contribution in [0, 0.1) is 11.6 Å². The van der Waals surface area contributed by atoms with Crippen LogP contribution in [0.2, 0.25) is 0 Å². The van der Waals surface area contributed by atoms with Gasteiger partial charge in [-0.05, 0) is 43.4 Å². The lowest BCUT2D eigenvalue weighted by atomic mass is 10.0. The van der Waals surface area contributed by atoms with Crippen molar-refractivity contribution >= 4 is 16.8 Å². The van der Waals surface area contributed by atoms with E-state index in [4.69, 9.17) is 0 Å². The lowest BCUT2D eigenvalue weighted by molar-refractivity contribution is 0.180. The average molecular weight is 399 g/mol. The molecule has 5 nitrogen and oxygen atoms in total. The molecule has 0 saturated carbocycles. The number of aromatic amines is 1. The van der Waals surface area contributed by atoms with E-state index in [-0.39, 0.29) is 22.8 Å². The minimum absolute atomic E-state index is 0.205. The van der Waals surface area contributed by atoms with Crippen LogP contribution in [0.5, 0.6) is 0 Å². The van der Waals surface area contributed by atoms with E-state index < -0.39 is 23.2 Å². The van der Waals surface area contributed by atoms with Crippen molar-refractivity contribution in [3.05, 3.63) is 81.8 Å². The number of rotatable bonds is 5. The fourth-order valence-corrected chi connectivity index (χ4v) is 3.51. The van der Waals surface area contributed by atoms with Gasteiger partial charge >= 0.3 is 6.03 Å². The van der Waals surface area contributed by atoms with E-state index in [2.05, 4.69) is 10.3 Å². The highest BCUT2D eigenvalue weighted by atomic mass is 19.2. The van der Waals surface area contributed by atoms with Gasteiger partial charge in [0.25, 0.3) is 5.56 Å². The quantitative estimate of drug-likeness (QED) is 0.655. The lowest BCUT2D eigenvalue weighted by Gasteiger charge is -2.30. The number of hydrogen-bond donors (Lipinski definition) is 2. The van der Waals surface area contributed by atoms with E-state index in [0.29, 0.717) is 12.1 Å². The fraction of sp³-hybridized carbons (Fsp3) is 0.273. The van der Waals surface area contributed by atoms with E-state index >= 15 is 0 Å². The number of nitrogens with zero attached hydrogens (tertiary/aromatic N) is 1. The summed E-state index contributed by atoms with van der Waals surface area (Å²) < 4.78 is 27.8. The molecule has 0 fully saturated rings. The molecule has 29 heavy (non-hydrogen) atoms. The Bertz CT molecular complexity index is 1080. The van der Waals surface area contributed by atoms with Gasteiger partial charge in [0.15, 0.2) is 11.6 Å². The van der Waals surface area contributed by atoms with Crippen molar-refractivity contribution in [3.8, 4) is 0 Å². The normalized spacial score (nSPS) is 13.1. The topological polar surface area (TPSA) is 65.2 Å². The third-order valence-corrected chi connectivity index (χ3v) is 5.15. The summed E-state index contributed by atoms with van der Waals surface area (Å²) in [5.74, 6) is -2.28. The lowest BCUT2D eigenvalue weighted by Crippen LogP contribution is -2.42. The smallest absolute Gasteiger partial charge is 0.318 e. The number of H-pyrrole nitrogens is 1. The fourth-order valence-electron chi connectivity index (χ4n) is 3.51. The third kappa shape index (κ3) is 3.99. The van der Waals surface area contributed by atoms with Gasteiger partial charge < -0.3 is 15.2 Å². The van der Waals surface area contributed by atoms with Crippen molar-refractivity contribution in [1.82, 2.24) is 15.2 Å². The van der Waals surface area contributed by atoms with E-state index in [9.17, 15) is 18.4 Å². The second kappa shape index (κ2) is 8.43. The summed E-state index contributed by atoms with van der Waals surface area (Å²) in [6.45, 7) is 5.89. The first-order chi connectivity index (χ1) is 13.8. The molecule has 0 radical (unpaired) electrons. The molecule has 2 atom stereocenters. The summed E-state index contributed by atoms with van der Waals surface area (Å²) in [5, 5.41) is 2.89. The average Bonchev–Trinajstić information content (AvgIpc) is 2.71. The largest absolute Gasteiger partial charge is 0.331 e. The number of amides is 2. The van der Waals surface area contributed by atoms with Gasteiger partial charge in [-0.2, -0.15) is 0 Å². The van der Waals surface area contributed by atoms with Crippen LogP contribution in [0.25, 0.3) is 10.8 Å². The molecule has 2 amide bonds. The van der Waals surface area contributed by atoms with Crippen LogP contribution in [0.15, 0.2) is 53.5 Å². The summed E-state index contributed by atoms with van der Waals surface area (Å²) in [4.78, 5) is 29.0. The molecule has 7 heteroatoms. The molecule has 1 unspecified atom stereocenters. The molecule has 3 rings (SSSR count). The van der Waals surface area contributed by atoms with Crippen LogP contribution >= 0.6 is 0 Å². The summed E-state index contributed by atoms with van der Waals surface area (Å²) in [6.07, 6.45) is 1.45. The SMILES string of the molecule is CCN(C(=O)N[C@H](C)c1ccccc1)C(C)c1c[nH]c(=O)c2c(F)c(F)ccc12. The van der Waals surface area contributed by atoms with Gasteiger partial charge in [-0.15, -0.1) is 0 Å². The maximum absolute atomic E-state index is 14.2. The molecule has 0 aliphatic heterocycles. The molecule has 152 valence electrons. The van der Waals surface area contributed by atoms with Crippen LogP contribution in [0.1, 0.15) is 44.0 Å². The van der Waals surface area contributed by atoms with Gasteiger partial charge in [0.1, 0.15) is 0 Å². The highest BCUT2D eigenvalue weighted by Gasteiger charge is 2.24. The first-order valence-electron chi connectivity index (χ1n) is 9.46. The van der Waals surface area contributed by atoms with E-state index in [1.807, 2.05) is 44.2 Å². The minimum Gasteiger partial charge on any atom is -0.331 e. The number of pyridine rings is 1. The molecule has 2 aromatic carbocycles. The second-order valence-corrected chi connectivity index (χ2v) is 6.90. The Labute approximate surface area is 167 Å². The van der Waals surface area contributed by atoms with Gasteiger partial charge in [0.2, 0.25) is 0 Å². The molecule has 0 saturated heterocycles. The summed E-state index contributed by atoms with van der Waals surface area (Å²) in [6, 6.07) is 10.9. The number of carbonyl (C=O) groups excluding carboxylic acids is 1. The number of nitrogens with one attached hydrogen (secondary N) is 2. The Morgan fingerprint density at radius 2 is 1.83 bits per heavy atom. The van der Waals surface area contributed by atoms with Gasteiger partial charge in [0.05, 0.1) is 17.5 Å². The van der Waals surface area contributed by atoms with Crippen molar-refractivity contribution in [2.45, 2.75) is 32.9 Å². The second-order valence-electron chi connectivity index (χ2n) is 6.90. The van der Waals surface area contributed by atoms with Gasteiger partial charge in [0, 0.05) is 12.7 Å². The van der Waals surface area contributed by atoms with Gasteiger partial charge in [-0.25, -0.2) is 13.6 Å².